The third-order valence-electron chi connectivity index (χ3n) is 2.35. The van der Waals surface area contributed by atoms with Crippen molar-refractivity contribution in [2.45, 2.75) is 0 Å². The normalized spacial score (nSPS) is 10.5. The third kappa shape index (κ3) is 2.39. The van der Waals surface area contributed by atoms with Gasteiger partial charge < -0.3 is 4.74 Å². The first kappa shape index (κ1) is 13.4. The highest BCUT2D eigenvalue weighted by molar-refractivity contribution is 6.48. The molecule has 0 saturated heterocycles. The van der Waals surface area contributed by atoms with Gasteiger partial charge in [0.1, 0.15) is 0 Å². The number of hydrogen-bond acceptors (Lipinski definition) is 2. The summed E-state index contributed by atoms with van der Waals surface area (Å²) >= 11 is 17.7. The van der Waals surface area contributed by atoms with Crippen LogP contribution in [0.5, 0.6) is 5.75 Å². The molecular weight excluding hydrogens is 299 g/mol. The fourth-order valence-corrected chi connectivity index (χ4v) is 2.14. The van der Waals surface area contributed by atoms with E-state index in [0.29, 0.717) is 11.1 Å². The minimum absolute atomic E-state index is 0.0828. The van der Waals surface area contributed by atoms with Gasteiger partial charge in [-0.05, 0) is 17.7 Å². The summed E-state index contributed by atoms with van der Waals surface area (Å²) in [4.78, 5) is 3.78. The average molecular weight is 307 g/mol. The molecule has 0 saturated carbocycles. The van der Waals surface area contributed by atoms with E-state index in [4.69, 9.17) is 39.5 Å². The zero-order valence-electron chi connectivity index (χ0n) is 9.18. The van der Waals surface area contributed by atoms with Crippen LogP contribution in [0.4, 0.5) is 4.39 Å². The molecule has 2 nitrogen and oxygen atoms in total. The lowest BCUT2D eigenvalue weighted by Gasteiger charge is -2.10. The molecule has 2 aromatic rings. The molecule has 0 unspecified atom stereocenters. The van der Waals surface area contributed by atoms with Gasteiger partial charge in [-0.3, -0.25) is 4.98 Å². The summed E-state index contributed by atoms with van der Waals surface area (Å²) in [5.74, 6) is -0.475. The maximum Gasteiger partial charge on any atom is 0.183 e. The van der Waals surface area contributed by atoms with E-state index in [-0.39, 0.29) is 20.8 Å². The van der Waals surface area contributed by atoms with Crippen LogP contribution in [0.2, 0.25) is 15.1 Å². The summed E-state index contributed by atoms with van der Waals surface area (Å²) in [5, 5.41) is 0.821. The van der Waals surface area contributed by atoms with Gasteiger partial charge in [0.25, 0.3) is 0 Å². The van der Waals surface area contributed by atoms with Crippen LogP contribution in [0, 0.1) is 5.82 Å². The van der Waals surface area contributed by atoms with Gasteiger partial charge >= 0.3 is 0 Å². The fraction of sp³-hybridized carbons (Fsp3) is 0.0833. The SMILES string of the molecule is COc1c(F)cncc1-c1cc(Cl)c(Cl)c(Cl)c1. The predicted molar refractivity (Wildman–Crippen MR) is 71.2 cm³/mol. The Morgan fingerprint density at radius 3 is 2.28 bits per heavy atom. The van der Waals surface area contributed by atoms with Gasteiger partial charge in [0.05, 0.1) is 28.4 Å². The van der Waals surface area contributed by atoms with Crippen molar-refractivity contribution in [3.05, 3.63) is 45.4 Å². The second-order valence-corrected chi connectivity index (χ2v) is 4.65. The van der Waals surface area contributed by atoms with Gasteiger partial charge in [0.15, 0.2) is 11.6 Å². The number of ether oxygens (including phenoxy) is 1. The van der Waals surface area contributed by atoms with Gasteiger partial charge in [-0.2, -0.15) is 0 Å². The van der Waals surface area contributed by atoms with Crippen molar-refractivity contribution in [3.8, 4) is 16.9 Å². The second kappa shape index (κ2) is 5.31. The Balaban J connectivity index is 2.66. The maximum atomic E-state index is 13.5. The number of rotatable bonds is 2. The third-order valence-corrected chi connectivity index (χ3v) is 3.55. The summed E-state index contributed by atoms with van der Waals surface area (Å²) in [5.41, 5.74) is 1.04. The van der Waals surface area contributed by atoms with E-state index in [1.807, 2.05) is 0 Å². The summed E-state index contributed by atoms with van der Waals surface area (Å²) in [7, 11) is 1.38. The van der Waals surface area contributed by atoms with Crippen LogP contribution in [-0.4, -0.2) is 12.1 Å². The van der Waals surface area contributed by atoms with E-state index < -0.39 is 5.82 Å². The zero-order chi connectivity index (χ0) is 13.3. The molecule has 6 heteroatoms. The molecule has 1 aromatic heterocycles. The topological polar surface area (TPSA) is 22.1 Å². The first-order valence-corrected chi connectivity index (χ1v) is 6.00. The summed E-state index contributed by atoms with van der Waals surface area (Å²) in [6.07, 6.45) is 2.54. The number of nitrogens with zero attached hydrogens (tertiary/aromatic N) is 1. The average Bonchev–Trinajstić information content (AvgIpc) is 2.35. The second-order valence-electron chi connectivity index (χ2n) is 3.46. The van der Waals surface area contributed by atoms with E-state index in [1.165, 1.54) is 13.3 Å². The Labute approximate surface area is 118 Å². The standard InChI is InChI=1S/C12H7Cl3FNO/c1-18-12-7(4-17-5-10(12)16)6-2-8(13)11(15)9(14)3-6/h2-5H,1H3. The van der Waals surface area contributed by atoms with Crippen LogP contribution in [0.1, 0.15) is 0 Å². The quantitative estimate of drug-likeness (QED) is 0.739. The first-order chi connectivity index (χ1) is 8.54. The van der Waals surface area contributed by atoms with Crippen molar-refractivity contribution in [1.29, 1.82) is 0 Å². The lowest BCUT2D eigenvalue weighted by molar-refractivity contribution is 0.387. The molecule has 0 aliphatic heterocycles. The van der Waals surface area contributed by atoms with Crippen LogP contribution >= 0.6 is 34.8 Å². The van der Waals surface area contributed by atoms with Gasteiger partial charge in [0, 0.05) is 11.8 Å². The molecule has 0 radical (unpaired) electrons. The van der Waals surface area contributed by atoms with Crippen molar-refractivity contribution in [2.24, 2.45) is 0 Å². The highest BCUT2D eigenvalue weighted by atomic mass is 35.5. The molecule has 0 amide bonds. The molecule has 0 bridgehead atoms. The molecule has 0 spiro atoms. The Bertz CT molecular complexity index is 581. The molecule has 1 aromatic carbocycles. The van der Waals surface area contributed by atoms with Crippen molar-refractivity contribution in [1.82, 2.24) is 4.98 Å². The molecule has 18 heavy (non-hydrogen) atoms. The van der Waals surface area contributed by atoms with E-state index in [9.17, 15) is 4.39 Å². The first-order valence-electron chi connectivity index (χ1n) is 4.87. The van der Waals surface area contributed by atoms with Gasteiger partial charge in [-0.25, -0.2) is 4.39 Å². The summed E-state index contributed by atoms with van der Waals surface area (Å²) in [6, 6.07) is 3.16. The highest BCUT2D eigenvalue weighted by Gasteiger charge is 2.14. The van der Waals surface area contributed by atoms with Crippen LogP contribution < -0.4 is 4.74 Å². The smallest absolute Gasteiger partial charge is 0.183 e. The minimum Gasteiger partial charge on any atom is -0.493 e. The molecular formula is C12H7Cl3FNO. The van der Waals surface area contributed by atoms with E-state index >= 15 is 0 Å². The maximum absolute atomic E-state index is 13.5. The minimum atomic E-state index is -0.558. The molecule has 0 N–H and O–H groups in total. The molecule has 0 aliphatic carbocycles. The monoisotopic (exact) mass is 305 g/mol. The molecule has 2 rings (SSSR count). The Hall–Kier alpha value is -1.03. The Morgan fingerprint density at radius 2 is 1.72 bits per heavy atom. The van der Waals surface area contributed by atoms with Crippen LogP contribution in [0.15, 0.2) is 24.5 Å². The van der Waals surface area contributed by atoms with Crippen molar-refractivity contribution >= 4 is 34.8 Å². The van der Waals surface area contributed by atoms with Crippen LogP contribution in [0.3, 0.4) is 0 Å². The Morgan fingerprint density at radius 1 is 1.11 bits per heavy atom. The van der Waals surface area contributed by atoms with Gasteiger partial charge in [0.2, 0.25) is 0 Å². The zero-order valence-corrected chi connectivity index (χ0v) is 11.4. The predicted octanol–water partition coefficient (Wildman–Crippen LogP) is 4.86. The summed E-state index contributed by atoms with van der Waals surface area (Å²) in [6.45, 7) is 0. The van der Waals surface area contributed by atoms with Gasteiger partial charge in [-0.1, -0.05) is 34.8 Å². The van der Waals surface area contributed by atoms with E-state index in [0.717, 1.165) is 6.20 Å². The van der Waals surface area contributed by atoms with E-state index in [2.05, 4.69) is 4.98 Å². The molecule has 0 atom stereocenters. The Kier molecular flexibility index (Phi) is 3.95. The van der Waals surface area contributed by atoms with Crippen LogP contribution in [-0.2, 0) is 0 Å². The molecule has 1 heterocycles. The lowest BCUT2D eigenvalue weighted by Crippen LogP contribution is -1.93. The highest BCUT2D eigenvalue weighted by Crippen LogP contribution is 2.38. The number of halogens is 4. The lowest BCUT2D eigenvalue weighted by atomic mass is 10.1. The fourth-order valence-electron chi connectivity index (χ4n) is 1.55. The number of hydrogen-bond donors (Lipinski definition) is 0. The van der Waals surface area contributed by atoms with Crippen molar-refractivity contribution < 1.29 is 9.13 Å². The van der Waals surface area contributed by atoms with Crippen molar-refractivity contribution in [3.63, 3.8) is 0 Å². The number of pyridine rings is 1. The molecule has 94 valence electrons. The van der Waals surface area contributed by atoms with E-state index in [1.54, 1.807) is 12.1 Å². The van der Waals surface area contributed by atoms with Gasteiger partial charge in [-0.15, -0.1) is 0 Å². The largest absolute Gasteiger partial charge is 0.493 e. The van der Waals surface area contributed by atoms with Crippen molar-refractivity contribution in [2.75, 3.05) is 7.11 Å². The molecule has 0 aliphatic rings. The van der Waals surface area contributed by atoms with Crippen LogP contribution in [0.25, 0.3) is 11.1 Å². The molecule has 0 fully saturated rings. The number of benzene rings is 1. The number of methoxy groups -OCH3 is 1. The number of aromatic nitrogens is 1. The summed E-state index contributed by atoms with van der Waals surface area (Å²) < 4.78 is 18.5.